The van der Waals surface area contributed by atoms with E-state index in [2.05, 4.69) is 57.2 Å². The van der Waals surface area contributed by atoms with Gasteiger partial charge in [-0.3, -0.25) is 14.6 Å². The average Bonchev–Trinajstić information content (AvgIpc) is 3.79. The fourth-order valence-electron chi connectivity index (χ4n) is 6.07. The Balaban J connectivity index is 0.000000932. The zero-order chi connectivity index (χ0) is 30.2. The molecule has 0 radical (unpaired) electrons. The highest BCUT2D eigenvalue weighted by Gasteiger charge is 2.34. The van der Waals surface area contributed by atoms with E-state index in [0.717, 1.165) is 70.9 Å². The maximum Gasteiger partial charge on any atom is 0.291 e. The number of H-pyrrole nitrogens is 1. The molecule has 0 amide bonds. The Bertz CT molecular complexity index is 1300. The second kappa shape index (κ2) is 14.8. The van der Waals surface area contributed by atoms with Gasteiger partial charge >= 0.3 is 0 Å². The van der Waals surface area contributed by atoms with Crippen LogP contribution in [0, 0.1) is 17.2 Å². The fraction of sp³-hybridized carbons (Fsp3) is 0.606. The first-order valence-corrected chi connectivity index (χ1v) is 15.6. The number of aryl methyl sites for hydroxylation is 1. The molecule has 2 aromatic rings. The van der Waals surface area contributed by atoms with Crippen LogP contribution < -0.4 is 16.2 Å². The number of aromatic nitrogens is 2. The van der Waals surface area contributed by atoms with Crippen molar-refractivity contribution in [3.05, 3.63) is 57.5 Å². The molecule has 2 aliphatic heterocycles. The second-order valence-corrected chi connectivity index (χ2v) is 12.3. The third-order valence-electron chi connectivity index (χ3n) is 8.88. The molecule has 1 aliphatic carbocycles. The van der Waals surface area contributed by atoms with Crippen molar-refractivity contribution in [2.24, 2.45) is 5.92 Å². The minimum atomic E-state index is -0.213. The zero-order valence-electron chi connectivity index (χ0n) is 25.7. The number of aromatic amines is 1. The van der Waals surface area contributed by atoms with Crippen molar-refractivity contribution in [3.8, 4) is 6.07 Å². The maximum atomic E-state index is 12.8. The van der Waals surface area contributed by atoms with Crippen molar-refractivity contribution < 1.29 is 5.11 Å². The summed E-state index contributed by atoms with van der Waals surface area (Å²) in [6.07, 6.45) is 7.70. The largest absolute Gasteiger partial charge is 0.396 e. The number of nitrogen functional groups attached to an aromatic ring is 1. The van der Waals surface area contributed by atoms with Gasteiger partial charge in [0, 0.05) is 44.9 Å². The summed E-state index contributed by atoms with van der Waals surface area (Å²) in [7, 11) is 0. The van der Waals surface area contributed by atoms with E-state index < -0.39 is 0 Å². The molecule has 1 aromatic carbocycles. The van der Waals surface area contributed by atoms with Crippen LogP contribution in [0.15, 0.2) is 29.6 Å². The summed E-state index contributed by atoms with van der Waals surface area (Å²) in [5, 5.41) is 18.6. The summed E-state index contributed by atoms with van der Waals surface area (Å²) in [5.74, 6) is 1.80. The molecular weight excluding hydrogens is 526 g/mol. The average molecular weight is 576 g/mol. The number of nitrogens with zero attached hydrogens (tertiary/aromatic N) is 5. The van der Waals surface area contributed by atoms with E-state index in [1.54, 1.807) is 6.92 Å². The third kappa shape index (κ3) is 8.21. The van der Waals surface area contributed by atoms with Gasteiger partial charge < -0.3 is 20.7 Å². The lowest BCUT2D eigenvalue weighted by Gasteiger charge is -2.47. The van der Waals surface area contributed by atoms with Gasteiger partial charge in [0.05, 0.1) is 17.3 Å². The van der Waals surface area contributed by atoms with Crippen molar-refractivity contribution in [1.82, 2.24) is 19.8 Å². The summed E-state index contributed by atoms with van der Waals surface area (Å²) in [4.78, 5) is 27.3. The summed E-state index contributed by atoms with van der Waals surface area (Å²) in [6, 6.07) is 9.06. The summed E-state index contributed by atoms with van der Waals surface area (Å²) < 4.78 is 0. The summed E-state index contributed by atoms with van der Waals surface area (Å²) in [6.45, 7) is 15.7. The van der Waals surface area contributed by atoms with Gasteiger partial charge in [0.15, 0.2) is 5.82 Å². The number of benzene rings is 1. The Morgan fingerprint density at radius 2 is 1.90 bits per heavy atom. The number of aliphatic hydroxyl groups is 1. The van der Waals surface area contributed by atoms with Crippen molar-refractivity contribution in [3.63, 3.8) is 0 Å². The van der Waals surface area contributed by atoms with Crippen LogP contribution in [-0.2, 0) is 13.0 Å². The highest BCUT2D eigenvalue weighted by molar-refractivity contribution is 5.67. The molecule has 3 heterocycles. The number of piperazine rings is 1. The molecule has 1 unspecified atom stereocenters. The Morgan fingerprint density at radius 3 is 2.50 bits per heavy atom. The van der Waals surface area contributed by atoms with E-state index in [4.69, 9.17) is 5.73 Å². The number of hydrogen-bond acceptors (Lipinski definition) is 8. The number of anilines is 2. The first-order valence-electron chi connectivity index (χ1n) is 15.6. The van der Waals surface area contributed by atoms with Crippen molar-refractivity contribution in [2.75, 3.05) is 50.0 Å². The predicted octanol–water partition coefficient (Wildman–Crippen LogP) is 4.16. The molecule has 2 saturated heterocycles. The van der Waals surface area contributed by atoms with E-state index in [-0.39, 0.29) is 12.2 Å². The van der Waals surface area contributed by atoms with Crippen LogP contribution in [0.2, 0.25) is 0 Å². The molecule has 228 valence electrons. The number of rotatable bonds is 9. The normalized spacial score (nSPS) is 20.1. The van der Waals surface area contributed by atoms with E-state index in [1.807, 2.05) is 12.1 Å². The zero-order valence-corrected chi connectivity index (χ0v) is 25.7. The minimum Gasteiger partial charge on any atom is -0.396 e. The topological polar surface area (TPSA) is 126 Å². The van der Waals surface area contributed by atoms with Crippen LogP contribution in [0.25, 0.3) is 5.57 Å². The van der Waals surface area contributed by atoms with E-state index in [1.165, 1.54) is 24.0 Å². The van der Waals surface area contributed by atoms with Crippen LogP contribution in [-0.4, -0.2) is 76.3 Å². The molecule has 5 rings (SSSR count). The first-order chi connectivity index (χ1) is 20.2. The van der Waals surface area contributed by atoms with E-state index in [0.29, 0.717) is 47.0 Å². The van der Waals surface area contributed by atoms with E-state index in [9.17, 15) is 15.2 Å². The quantitative estimate of drug-likeness (QED) is 0.407. The minimum absolute atomic E-state index is 0.158. The number of allylic oxidation sites excluding steroid dienone is 1. The van der Waals surface area contributed by atoms with Crippen molar-refractivity contribution >= 4 is 17.2 Å². The highest BCUT2D eigenvalue weighted by atomic mass is 16.3. The molecular formula is C33H49N7O2. The number of nitrogens with two attached hydrogens (primary N) is 1. The number of piperidine rings is 1. The smallest absolute Gasteiger partial charge is 0.291 e. The van der Waals surface area contributed by atoms with Crippen LogP contribution in [0.1, 0.15) is 81.7 Å². The van der Waals surface area contributed by atoms with Crippen molar-refractivity contribution in [2.45, 2.75) is 84.3 Å². The standard InChI is InChI=1S/C29H41N7O2.C4H8/c1-4-24-19-35(28-29(38)32-26(20(2)3)27(31)33-28)13-14-36(24)25-9-11-34(12-10-25)18-23-8-7-21(17-30)16-22(23)6-5-15-37;1-4-2-3-4/h7-8,16,24-25,37H,2,4-6,9-15,18-19H2,1,3H3,(H2,31,33)(H,32,38);4H,2-3H2,1H3. The Hall–Kier alpha value is -3.19. The number of likely N-dealkylation sites (tertiary alicyclic amines) is 1. The van der Waals surface area contributed by atoms with Gasteiger partial charge in [-0.1, -0.05) is 39.3 Å². The molecule has 0 spiro atoms. The Morgan fingerprint density at radius 1 is 1.19 bits per heavy atom. The lowest BCUT2D eigenvalue weighted by Crippen LogP contribution is -2.59. The molecule has 1 atom stereocenters. The van der Waals surface area contributed by atoms with Gasteiger partial charge in [0.2, 0.25) is 0 Å². The van der Waals surface area contributed by atoms with Crippen molar-refractivity contribution in [1.29, 1.82) is 5.26 Å². The van der Waals surface area contributed by atoms with Crippen LogP contribution >= 0.6 is 0 Å². The molecule has 1 aromatic heterocycles. The lowest BCUT2D eigenvalue weighted by atomic mass is 9.96. The first kappa shape index (κ1) is 31.7. The Labute approximate surface area is 251 Å². The maximum absolute atomic E-state index is 12.8. The molecule has 9 nitrogen and oxygen atoms in total. The van der Waals surface area contributed by atoms with Crippen LogP contribution in [0.3, 0.4) is 0 Å². The monoisotopic (exact) mass is 575 g/mol. The number of hydrogen-bond donors (Lipinski definition) is 3. The number of aliphatic hydroxyl groups excluding tert-OH is 1. The van der Waals surface area contributed by atoms with Gasteiger partial charge in [-0.25, -0.2) is 4.98 Å². The Kier molecular flexibility index (Phi) is 11.2. The lowest BCUT2D eigenvalue weighted by molar-refractivity contribution is 0.0609. The molecule has 3 aliphatic rings. The molecule has 4 N–H and O–H groups in total. The molecule has 0 bridgehead atoms. The van der Waals surface area contributed by atoms with Gasteiger partial charge in [-0.15, -0.1) is 0 Å². The molecule has 9 heteroatoms. The third-order valence-corrected chi connectivity index (χ3v) is 8.88. The van der Waals surface area contributed by atoms with Gasteiger partial charge in [0.25, 0.3) is 5.56 Å². The molecule has 42 heavy (non-hydrogen) atoms. The second-order valence-electron chi connectivity index (χ2n) is 12.3. The highest BCUT2D eigenvalue weighted by Crippen LogP contribution is 2.27. The SMILES string of the molecule is C=C(C)c1[nH]c(=O)c(N2CCN(C3CCN(Cc4ccc(C#N)cc4CCCO)CC3)C(CC)C2)nc1N.CC1CC1. The number of nitrogens with one attached hydrogen (secondary N) is 1. The van der Waals surface area contributed by atoms with Gasteiger partial charge in [-0.2, -0.15) is 5.26 Å². The van der Waals surface area contributed by atoms with Crippen LogP contribution in [0.5, 0.6) is 0 Å². The fourth-order valence-corrected chi connectivity index (χ4v) is 6.07. The molecule has 3 fully saturated rings. The molecule has 1 saturated carbocycles. The number of nitriles is 1. The van der Waals surface area contributed by atoms with Crippen LogP contribution in [0.4, 0.5) is 11.6 Å². The summed E-state index contributed by atoms with van der Waals surface area (Å²) >= 11 is 0. The van der Waals surface area contributed by atoms with E-state index >= 15 is 0 Å². The van der Waals surface area contributed by atoms with Gasteiger partial charge in [-0.05, 0) is 86.9 Å². The van der Waals surface area contributed by atoms with Gasteiger partial charge in [0.1, 0.15) is 5.82 Å². The summed E-state index contributed by atoms with van der Waals surface area (Å²) in [5.41, 5.74) is 10.2. The predicted molar refractivity (Wildman–Crippen MR) is 170 cm³/mol.